The zero-order valence-corrected chi connectivity index (χ0v) is 21.0. The van der Waals surface area contributed by atoms with Gasteiger partial charge >= 0.3 is 6.18 Å². The lowest BCUT2D eigenvalue weighted by Gasteiger charge is -2.40. The van der Waals surface area contributed by atoms with Crippen LogP contribution in [0.1, 0.15) is 50.7 Å². The number of hydrogen-bond donors (Lipinski definition) is 1. The Morgan fingerprint density at radius 3 is 2.69 bits per heavy atom. The first-order chi connectivity index (χ1) is 16.4. The number of sulfone groups is 1. The average Bonchev–Trinajstić information content (AvgIpc) is 3.22. The smallest absolute Gasteiger partial charge is 0.379 e. The molecule has 0 radical (unpaired) electrons. The van der Waals surface area contributed by atoms with Gasteiger partial charge in [-0.15, -0.1) is 0 Å². The summed E-state index contributed by atoms with van der Waals surface area (Å²) in [6, 6.07) is 2.78. The van der Waals surface area contributed by atoms with Crippen molar-refractivity contribution in [3.8, 4) is 0 Å². The van der Waals surface area contributed by atoms with E-state index in [1.54, 1.807) is 7.11 Å². The number of carbonyl (C=O) groups excluding carboxylic acids is 1. The molecule has 1 aliphatic carbocycles. The van der Waals surface area contributed by atoms with Crippen LogP contribution in [0.2, 0.25) is 0 Å². The van der Waals surface area contributed by atoms with Crippen LogP contribution in [0, 0.1) is 11.3 Å². The normalized spacial score (nSPS) is 30.9. The Bertz CT molecular complexity index is 1060. The zero-order chi connectivity index (χ0) is 25.6. The van der Waals surface area contributed by atoms with Crippen LogP contribution < -0.4 is 5.32 Å². The second kappa shape index (κ2) is 9.64. The maximum Gasteiger partial charge on any atom is 0.416 e. The van der Waals surface area contributed by atoms with Crippen molar-refractivity contribution < 1.29 is 35.9 Å². The molecule has 1 aromatic rings. The van der Waals surface area contributed by atoms with Crippen molar-refractivity contribution in [3.63, 3.8) is 0 Å². The molecule has 35 heavy (non-hydrogen) atoms. The summed E-state index contributed by atoms with van der Waals surface area (Å²) in [6.07, 6.45) is -2.04. The minimum absolute atomic E-state index is 0.0103. The van der Waals surface area contributed by atoms with Crippen molar-refractivity contribution in [1.29, 1.82) is 0 Å². The SMILES string of the molecule is CO[C@@H]1COCC[C@H]1N[C@@H]1CC[C@@](C(=O)N2Cc3cc(C(F)(F)F)ccc3S(=O)(=O)C2)(C(C)C)C1. The van der Waals surface area contributed by atoms with E-state index in [0.29, 0.717) is 26.1 Å². The molecule has 1 amide bonds. The fraction of sp³-hybridized carbons (Fsp3) is 0.708. The molecule has 1 saturated heterocycles. The third-order valence-electron chi connectivity index (χ3n) is 7.83. The number of ether oxygens (including phenoxy) is 2. The molecule has 2 heterocycles. The Morgan fingerprint density at radius 1 is 1.29 bits per heavy atom. The van der Waals surface area contributed by atoms with Crippen LogP contribution in [-0.4, -0.2) is 63.6 Å². The molecule has 196 valence electrons. The highest BCUT2D eigenvalue weighted by atomic mass is 32.2. The topological polar surface area (TPSA) is 84.9 Å². The van der Waals surface area contributed by atoms with E-state index in [0.717, 1.165) is 31.0 Å². The number of alkyl halides is 3. The van der Waals surface area contributed by atoms with Gasteiger partial charge in [0.05, 0.1) is 28.6 Å². The number of benzene rings is 1. The maximum atomic E-state index is 13.9. The van der Waals surface area contributed by atoms with E-state index in [-0.39, 0.29) is 47.0 Å². The fourth-order valence-electron chi connectivity index (χ4n) is 5.78. The van der Waals surface area contributed by atoms with Gasteiger partial charge in [-0.3, -0.25) is 4.79 Å². The third-order valence-corrected chi connectivity index (χ3v) is 9.55. The zero-order valence-electron chi connectivity index (χ0n) is 20.2. The minimum atomic E-state index is -4.60. The second-order valence-electron chi connectivity index (χ2n) is 10.2. The molecule has 7 nitrogen and oxygen atoms in total. The molecule has 2 aliphatic heterocycles. The summed E-state index contributed by atoms with van der Waals surface area (Å²) in [5.41, 5.74) is -1.70. The Balaban J connectivity index is 1.56. The second-order valence-corrected chi connectivity index (χ2v) is 12.2. The molecule has 1 N–H and O–H groups in total. The lowest BCUT2D eigenvalue weighted by molar-refractivity contribution is -0.144. The number of nitrogens with zero attached hydrogens (tertiary/aromatic N) is 1. The summed E-state index contributed by atoms with van der Waals surface area (Å²) in [5.74, 6) is -0.901. The number of hydrogen-bond acceptors (Lipinski definition) is 6. The van der Waals surface area contributed by atoms with Crippen LogP contribution in [0.25, 0.3) is 0 Å². The molecule has 0 bridgehead atoms. The first-order valence-electron chi connectivity index (χ1n) is 12.0. The highest BCUT2D eigenvalue weighted by molar-refractivity contribution is 7.91. The van der Waals surface area contributed by atoms with E-state index in [9.17, 15) is 26.4 Å². The third kappa shape index (κ3) is 5.10. The van der Waals surface area contributed by atoms with Gasteiger partial charge in [0.2, 0.25) is 5.91 Å². The number of amides is 1. The molecule has 1 saturated carbocycles. The van der Waals surface area contributed by atoms with Crippen LogP contribution in [0.3, 0.4) is 0 Å². The largest absolute Gasteiger partial charge is 0.416 e. The minimum Gasteiger partial charge on any atom is -0.379 e. The lowest BCUT2D eigenvalue weighted by atomic mass is 9.74. The van der Waals surface area contributed by atoms with Crippen LogP contribution in [0.15, 0.2) is 23.1 Å². The Labute approximate surface area is 204 Å². The Kier molecular flexibility index (Phi) is 7.27. The van der Waals surface area contributed by atoms with E-state index in [1.165, 1.54) is 4.90 Å². The van der Waals surface area contributed by atoms with Crippen molar-refractivity contribution >= 4 is 15.7 Å². The predicted molar refractivity (Wildman–Crippen MR) is 122 cm³/mol. The van der Waals surface area contributed by atoms with E-state index in [1.807, 2.05) is 13.8 Å². The molecule has 0 unspecified atom stereocenters. The Morgan fingerprint density at radius 2 is 2.03 bits per heavy atom. The molecule has 3 aliphatic rings. The van der Waals surface area contributed by atoms with Gasteiger partial charge in [-0.25, -0.2) is 8.42 Å². The van der Waals surface area contributed by atoms with E-state index in [2.05, 4.69) is 5.32 Å². The van der Waals surface area contributed by atoms with E-state index < -0.39 is 32.9 Å². The number of halogens is 3. The fourth-order valence-corrected chi connectivity index (χ4v) is 7.33. The van der Waals surface area contributed by atoms with Gasteiger partial charge < -0.3 is 19.7 Å². The van der Waals surface area contributed by atoms with Crippen molar-refractivity contribution in [3.05, 3.63) is 29.3 Å². The highest BCUT2D eigenvalue weighted by Crippen LogP contribution is 2.47. The molecule has 2 fully saturated rings. The van der Waals surface area contributed by atoms with E-state index >= 15 is 0 Å². The summed E-state index contributed by atoms with van der Waals surface area (Å²) in [4.78, 5) is 15.0. The Hall–Kier alpha value is -1.69. The maximum absolute atomic E-state index is 13.9. The van der Waals surface area contributed by atoms with Crippen molar-refractivity contribution in [1.82, 2.24) is 10.2 Å². The van der Waals surface area contributed by atoms with Crippen LogP contribution >= 0.6 is 0 Å². The van der Waals surface area contributed by atoms with Crippen molar-refractivity contribution in [2.24, 2.45) is 11.3 Å². The van der Waals surface area contributed by atoms with Gasteiger partial charge in [-0.2, -0.15) is 13.2 Å². The van der Waals surface area contributed by atoms with Crippen LogP contribution in [0.4, 0.5) is 13.2 Å². The van der Waals surface area contributed by atoms with Crippen LogP contribution in [-0.2, 0) is 36.8 Å². The standard InChI is InChI=1S/C24H33F3N2O5S/c1-15(2)23(8-6-18(11-23)28-19-7-9-34-13-20(19)33-3)22(30)29-12-16-10-17(24(25,26)27)4-5-21(16)35(31,32)14-29/h4-5,10,15,18-20,28H,6-9,11-14H2,1-3H3/t18-,19-,20-,23+/m1/s1. The summed E-state index contributed by atoms with van der Waals surface area (Å²) < 4.78 is 76.6. The molecule has 4 atom stereocenters. The average molecular weight is 519 g/mol. The number of nitrogens with one attached hydrogen (secondary N) is 1. The van der Waals surface area contributed by atoms with Crippen molar-refractivity contribution in [2.45, 2.75) is 75.3 Å². The van der Waals surface area contributed by atoms with Gasteiger partial charge in [0, 0.05) is 32.3 Å². The van der Waals surface area contributed by atoms with Gasteiger partial charge in [0.25, 0.3) is 0 Å². The lowest BCUT2D eigenvalue weighted by Crippen LogP contribution is -2.52. The van der Waals surface area contributed by atoms with Gasteiger partial charge in [0.15, 0.2) is 9.84 Å². The summed E-state index contributed by atoms with van der Waals surface area (Å²) >= 11 is 0. The van der Waals surface area contributed by atoms with Gasteiger partial charge in [-0.05, 0) is 55.4 Å². The van der Waals surface area contributed by atoms with Gasteiger partial charge in [-0.1, -0.05) is 13.8 Å². The number of fused-ring (bicyclic) bond motifs is 1. The highest BCUT2D eigenvalue weighted by Gasteiger charge is 2.51. The molecular weight excluding hydrogens is 485 g/mol. The summed E-state index contributed by atoms with van der Waals surface area (Å²) in [7, 11) is -2.29. The monoisotopic (exact) mass is 518 g/mol. The molecule has 0 aromatic heterocycles. The summed E-state index contributed by atoms with van der Waals surface area (Å²) in [5, 5.41) is 3.62. The van der Waals surface area contributed by atoms with E-state index in [4.69, 9.17) is 9.47 Å². The number of methoxy groups -OCH3 is 1. The quantitative estimate of drug-likeness (QED) is 0.644. The molecular formula is C24H33F3N2O5S. The number of carbonyl (C=O) groups is 1. The first-order valence-corrected chi connectivity index (χ1v) is 13.6. The van der Waals surface area contributed by atoms with Crippen LogP contribution in [0.5, 0.6) is 0 Å². The predicted octanol–water partition coefficient (Wildman–Crippen LogP) is 3.37. The molecule has 4 rings (SSSR count). The molecule has 1 aromatic carbocycles. The first kappa shape index (κ1) is 26.4. The van der Waals surface area contributed by atoms with Gasteiger partial charge in [0.1, 0.15) is 5.88 Å². The van der Waals surface area contributed by atoms with Crippen molar-refractivity contribution in [2.75, 3.05) is 26.2 Å². The number of rotatable bonds is 5. The molecule has 0 spiro atoms. The molecule has 11 heteroatoms. The summed E-state index contributed by atoms with van der Waals surface area (Å²) in [6.45, 7) is 4.86.